The molecule has 0 saturated carbocycles. The summed E-state index contributed by atoms with van der Waals surface area (Å²) in [5.41, 5.74) is 2.44. The zero-order valence-electron chi connectivity index (χ0n) is 13.3. The van der Waals surface area contributed by atoms with Gasteiger partial charge in [-0.25, -0.2) is 0 Å². The van der Waals surface area contributed by atoms with Gasteiger partial charge in [0.15, 0.2) is 0 Å². The van der Waals surface area contributed by atoms with E-state index in [1.165, 1.54) is 24.0 Å². The number of fused-ring (bicyclic) bond motifs is 1. The molecule has 0 fully saturated rings. The molecule has 0 aliphatic heterocycles. The highest BCUT2D eigenvalue weighted by Gasteiger charge is 2.22. The zero-order chi connectivity index (χ0) is 15.5. The van der Waals surface area contributed by atoms with Gasteiger partial charge < -0.3 is 15.3 Å². The molecular formula is C17H26N2O2. The number of hydrogen-bond acceptors (Lipinski definition) is 3. The Bertz CT molecular complexity index is 510. The first kappa shape index (κ1) is 16.0. The first-order valence-electron chi connectivity index (χ1n) is 7.64. The summed E-state index contributed by atoms with van der Waals surface area (Å²) in [5, 5.41) is 13.1. The number of rotatable bonds is 5. The quantitative estimate of drug-likeness (QED) is 0.866. The van der Waals surface area contributed by atoms with Gasteiger partial charge in [0.1, 0.15) is 0 Å². The molecule has 4 nitrogen and oxygen atoms in total. The van der Waals surface area contributed by atoms with Crippen molar-refractivity contribution in [3.63, 3.8) is 0 Å². The van der Waals surface area contributed by atoms with Crippen molar-refractivity contribution in [1.29, 1.82) is 0 Å². The van der Waals surface area contributed by atoms with Crippen molar-refractivity contribution in [3.05, 3.63) is 34.9 Å². The summed E-state index contributed by atoms with van der Waals surface area (Å²) < 4.78 is 0. The normalized spacial score (nSPS) is 17.2. The van der Waals surface area contributed by atoms with Gasteiger partial charge in [-0.05, 0) is 70.0 Å². The Morgan fingerprint density at radius 2 is 1.95 bits per heavy atom. The lowest BCUT2D eigenvalue weighted by atomic mass is 9.90. The number of carbonyl (C=O) groups is 1. The van der Waals surface area contributed by atoms with Crippen molar-refractivity contribution in [3.8, 4) is 0 Å². The third kappa shape index (κ3) is 4.55. The van der Waals surface area contributed by atoms with E-state index in [-0.39, 0.29) is 12.5 Å². The molecule has 0 aromatic heterocycles. The summed E-state index contributed by atoms with van der Waals surface area (Å²) in [6.07, 6.45) is 4.63. The maximum atomic E-state index is 12.2. The molecule has 1 atom stereocenters. The molecule has 1 aliphatic carbocycles. The summed E-state index contributed by atoms with van der Waals surface area (Å²) in [7, 11) is 3.81. The molecule has 1 aliphatic rings. The lowest BCUT2D eigenvalue weighted by Gasteiger charge is -2.27. The Balaban J connectivity index is 1.97. The van der Waals surface area contributed by atoms with Crippen LogP contribution in [0.5, 0.6) is 0 Å². The summed E-state index contributed by atoms with van der Waals surface area (Å²) in [6.45, 7) is 2.50. The zero-order valence-corrected chi connectivity index (χ0v) is 13.3. The molecule has 0 radical (unpaired) electrons. The van der Waals surface area contributed by atoms with E-state index >= 15 is 0 Å². The highest BCUT2D eigenvalue weighted by molar-refractivity contribution is 5.94. The van der Waals surface area contributed by atoms with Crippen molar-refractivity contribution in [1.82, 2.24) is 10.2 Å². The second kappa shape index (κ2) is 6.58. The van der Waals surface area contributed by atoms with Crippen molar-refractivity contribution in [2.24, 2.45) is 0 Å². The van der Waals surface area contributed by atoms with E-state index in [0.29, 0.717) is 12.1 Å². The van der Waals surface area contributed by atoms with E-state index in [1.807, 2.05) is 31.1 Å². The van der Waals surface area contributed by atoms with Gasteiger partial charge in [0.25, 0.3) is 5.91 Å². The van der Waals surface area contributed by atoms with Crippen LogP contribution in [0.15, 0.2) is 18.2 Å². The van der Waals surface area contributed by atoms with Crippen LogP contribution in [0.2, 0.25) is 0 Å². The first-order chi connectivity index (χ1) is 9.87. The molecule has 21 heavy (non-hydrogen) atoms. The molecule has 116 valence electrons. The number of carbonyl (C=O) groups excluding carboxylic acids is 1. The Morgan fingerprint density at radius 3 is 2.62 bits per heavy atom. The molecule has 1 amide bonds. The summed E-state index contributed by atoms with van der Waals surface area (Å²) in [6, 6.07) is 5.96. The number of nitrogens with one attached hydrogen (secondary N) is 1. The number of amides is 1. The lowest BCUT2D eigenvalue weighted by molar-refractivity contribution is 0.0326. The molecule has 1 aromatic carbocycles. The fraction of sp³-hybridized carbons (Fsp3) is 0.588. The molecule has 2 N–H and O–H groups in total. The van der Waals surface area contributed by atoms with E-state index in [1.54, 1.807) is 6.92 Å². The Morgan fingerprint density at radius 1 is 1.29 bits per heavy atom. The summed E-state index contributed by atoms with van der Waals surface area (Å²) in [4.78, 5) is 14.1. The lowest BCUT2D eigenvalue weighted by Crippen LogP contribution is -2.47. The SMILES string of the molecule is CN(C)CC(C)(O)CNC(=O)c1ccc2c(c1)CCCC2. The van der Waals surface area contributed by atoms with Crippen LogP contribution in [-0.2, 0) is 12.8 Å². The Kier molecular flexibility index (Phi) is 5.01. The average molecular weight is 290 g/mol. The van der Waals surface area contributed by atoms with Crippen molar-refractivity contribution >= 4 is 5.91 Å². The first-order valence-corrected chi connectivity index (χ1v) is 7.64. The van der Waals surface area contributed by atoms with E-state index in [9.17, 15) is 9.90 Å². The van der Waals surface area contributed by atoms with Gasteiger partial charge in [0, 0.05) is 18.7 Å². The molecule has 0 heterocycles. The molecule has 2 rings (SSSR count). The molecule has 0 spiro atoms. The van der Waals surface area contributed by atoms with Crippen LogP contribution in [0, 0.1) is 0 Å². The van der Waals surface area contributed by atoms with Gasteiger partial charge in [0.2, 0.25) is 0 Å². The van der Waals surface area contributed by atoms with E-state index in [0.717, 1.165) is 12.8 Å². The van der Waals surface area contributed by atoms with Crippen molar-refractivity contribution in [2.75, 3.05) is 27.2 Å². The van der Waals surface area contributed by atoms with Gasteiger partial charge in [-0.2, -0.15) is 0 Å². The van der Waals surface area contributed by atoms with Crippen LogP contribution in [0.4, 0.5) is 0 Å². The summed E-state index contributed by atoms with van der Waals surface area (Å²) >= 11 is 0. The third-order valence-electron chi connectivity index (χ3n) is 3.90. The topological polar surface area (TPSA) is 52.6 Å². The molecule has 4 heteroatoms. The smallest absolute Gasteiger partial charge is 0.251 e. The molecule has 1 unspecified atom stereocenters. The number of aryl methyl sites for hydroxylation is 2. The van der Waals surface area contributed by atoms with Gasteiger partial charge in [-0.3, -0.25) is 4.79 Å². The molecule has 0 saturated heterocycles. The second-order valence-corrected chi connectivity index (χ2v) is 6.61. The molecule has 0 bridgehead atoms. The molecule has 1 aromatic rings. The number of aliphatic hydroxyl groups is 1. The maximum absolute atomic E-state index is 12.2. The molecular weight excluding hydrogens is 264 g/mol. The largest absolute Gasteiger partial charge is 0.387 e. The van der Waals surface area contributed by atoms with Crippen LogP contribution in [0.1, 0.15) is 41.3 Å². The Hall–Kier alpha value is -1.39. The van der Waals surface area contributed by atoms with Crippen LogP contribution >= 0.6 is 0 Å². The van der Waals surface area contributed by atoms with E-state index < -0.39 is 5.60 Å². The van der Waals surface area contributed by atoms with Crippen LogP contribution in [-0.4, -0.2) is 48.7 Å². The minimum Gasteiger partial charge on any atom is -0.387 e. The Labute approximate surface area is 127 Å². The van der Waals surface area contributed by atoms with Crippen molar-refractivity contribution in [2.45, 2.75) is 38.2 Å². The van der Waals surface area contributed by atoms with Gasteiger partial charge in [-0.1, -0.05) is 6.07 Å². The average Bonchev–Trinajstić information content (AvgIpc) is 2.43. The van der Waals surface area contributed by atoms with Gasteiger partial charge in [0.05, 0.1) is 5.60 Å². The summed E-state index contributed by atoms with van der Waals surface area (Å²) in [5.74, 6) is -0.109. The van der Waals surface area contributed by atoms with Gasteiger partial charge >= 0.3 is 0 Å². The highest BCUT2D eigenvalue weighted by Crippen LogP contribution is 2.22. The second-order valence-electron chi connectivity index (χ2n) is 6.61. The fourth-order valence-electron chi connectivity index (χ4n) is 2.98. The third-order valence-corrected chi connectivity index (χ3v) is 3.90. The van der Waals surface area contributed by atoms with E-state index in [2.05, 4.69) is 11.4 Å². The van der Waals surface area contributed by atoms with Crippen LogP contribution < -0.4 is 5.32 Å². The van der Waals surface area contributed by atoms with E-state index in [4.69, 9.17) is 0 Å². The standard InChI is InChI=1S/C17H26N2O2/c1-17(21,12-19(2)3)11-18-16(20)15-9-8-13-6-4-5-7-14(13)10-15/h8-10,21H,4-7,11-12H2,1-3H3,(H,18,20). The predicted octanol–water partition coefficient (Wildman–Crippen LogP) is 1.61. The minimum absolute atomic E-state index is 0.109. The number of benzene rings is 1. The van der Waals surface area contributed by atoms with Gasteiger partial charge in [-0.15, -0.1) is 0 Å². The van der Waals surface area contributed by atoms with Crippen LogP contribution in [0.3, 0.4) is 0 Å². The number of hydrogen-bond donors (Lipinski definition) is 2. The monoisotopic (exact) mass is 290 g/mol. The van der Waals surface area contributed by atoms with Crippen molar-refractivity contribution < 1.29 is 9.90 Å². The number of nitrogens with zero attached hydrogens (tertiary/aromatic N) is 1. The maximum Gasteiger partial charge on any atom is 0.251 e. The number of likely N-dealkylation sites (N-methyl/N-ethyl adjacent to an activating group) is 1. The van der Waals surface area contributed by atoms with Crippen LogP contribution in [0.25, 0.3) is 0 Å². The predicted molar refractivity (Wildman–Crippen MR) is 84.6 cm³/mol. The highest BCUT2D eigenvalue weighted by atomic mass is 16.3. The minimum atomic E-state index is -0.923. The fourth-order valence-corrected chi connectivity index (χ4v) is 2.98.